The number of nitrogens with one attached hydrogen (secondary N) is 1. The van der Waals surface area contributed by atoms with Crippen LogP contribution in [0.5, 0.6) is 5.75 Å². The second-order valence-corrected chi connectivity index (χ2v) is 6.67. The second-order valence-electron chi connectivity index (χ2n) is 6.67. The number of carbonyl (C=O) groups excluding carboxylic acids is 2. The molecule has 0 spiro atoms. The summed E-state index contributed by atoms with van der Waals surface area (Å²) in [5.41, 5.74) is 1.08. The van der Waals surface area contributed by atoms with Crippen LogP contribution >= 0.6 is 0 Å². The molecular formula is C19H28N2O3. The number of rotatable bonds is 7. The van der Waals surface area contributed by atoms with E-state index in [4.69, 9.17) is 4.74 Å². The molecule has 0 unspecified atom stereocenters. The molecule has 1 aliphatic heterocycles. The topological polar surface area (TPSA) is 58.6 Å². The van der Waals surface area contributed by atoms with Gasteiger partial charge in [0.25, 0.3) is 0 Å². The molecule has 0 radical (unpaired) electrons. The number of aryl methyl sites for hydroxylation is 1. The van der Waals surface area contributed by atoms with Crippen molar-refractivity contribution in [2.45, 2.75) is 45.6 Å². The number of nitrogens with zero attached hydrogens (tertiary/aromatic N) is 1. The van der Waals surface area contributed by atoms with Gasteiger partial charge in [0.1, 0.15) is 11.8 Å². The van der Waals surface area contributed by atoms with Gasteiger partial charge < -0.3 is 15.0 Å². The Labute approximate surface area is 144 Å². The van der Waals surface area contributed by atoms with Crippen molar-refractivity contribution in [3.63, 3.8) is 0 Å². The molecule has 1 fully saturated rings. The molecule has 5 nitrogen and oxygen atoms in total. The van der Waals surface area contributed by atoms with Gasteiger partial charge in [0, 0.05) is 19.5 Å². The molecular weight excluding hydrogens is 304 g/mol. The fourth-order valence-corrected chi connectivity index (χ4v) is 2.94. The predicted molar refractivity (Wildman–Crippen MR) is 93.9 cm³/mol. The molecule has 0 saturated carbocycles. The number of hydrogen-bond acceptors (Lipinski definition) is 3. The lowest BCUT2D eigenvalue weighted by atomic mass is 10.0. The first kappa shape index (κ1) is 18.3. The number of ether oxygens (including phenoxy) is 1. The van der Waals surface area contributed by atoms with Crippen LogP contribution in [0.4, 0.5) is 0 Å². The number of hydrogen-bond donors (Lipinski definition) is 1. The van der Waals surface area contributed by atoms with Gasteiger partial charge in [-0.2, -0.15) is 0 Å². The summed E-state index contributed by atoms with van der Waals surface area (Å²) < 4.78 is 5.13. The minimum Gasteiger partial charge on any atom is -0.497 e. The molecule has 1 saturated heterocycles. The maximum atomic E-state index is 12.6. The van der Waals surface area contributed by atoms with Crippen LogP contribution in [0, 0.1) is 5.92 Å². The molecule has 1 aromatic rings. The molecule has 0 aliphatic carbocycles. The van der Waals surface area contributed by atoms with Crippen molar-refractivity contribution < 1.29 is 14.3 Å². The highest BCUT2D eigenvalue weighted by Crippen LogP contribution is 2.15. The van der Waals surface area contributed by atoms with Gasteiger partial charge in [0.15, 0.2) is 0 Å². The van der Waals surface area contributed by atoms with Gasteiger partial charge >= 0.3 is 0 Å². The van der Waals surface area contributed by atoms with E-state index in [1.807, 2.05) is 43.0 Å². The van der Waals surface area contributed by atoms with Crippen molar-refractivity contribution in [3.05, 3.63) is 29.8 Å². The van der Waals surface area contributed by atoms with Crippen molar-refractivity contribution in [1.82, 2.24) is 10.2 Å². The summed E-state index contributed by atoms with van der Waals surface area (Å²) in [7, 11) is 1.63. The first-order valence-corrected chi connectivity index (χ1v) is 8.72. The van der Waals surface area contributed by atoms with Gasteiger partial charge in [0.2, 0.25) is 11.8 Å². The molecule has 0 aromatic heterocycles. The molecule has 1 aliphatic rings. The molecule has 5 heteroatoms. The molecule has 24 heavy (non-hydrogen) atoms. The molecule has 1 N–H and O–H groups in total. The molecule has 0 bridgehead atoms. The molecule has 2 rings (SSSR count). The van der Waals surface area contributed by atoms with Gasteiger partial charge in [-0.1, -0.05) is 26.0 Å². The first-order valence-electron chi connectivity index (χ1n) is 8.72. The average Bonchev–Trinajstić information content (AvgIpc) is 3.12. The molecule has 1 heterocycles. The lowest BCUT2D eigenvalue weighted by molar-refractivity contribution is -0.136. The monoisotopic (exact) mass is 332 g/mol. The van der Waals surface area contributed by atoms with Gasteiger partial charge in [0.05, 0.1) is 7.11 Å². The Morgan fingerprint density at radius 1 is 1.17 bits per heavy atom. The number of likely N-dealkylation sites (tertiary alicyclic amines) is 1. The number of carbonyl (C=O) groups is 2. The summed E-state index contributed by atoms with van der Waals surface area (Å²) in [5, 5.41) is 2.93. The fraction of sp³-hybridized carbons (Fsp3) is 0.579. The van der Waals surface area contributed by atoms with E-state index in [9.17, 15) is 9.59 Å². The van der Waals surface area contributed by atoms with Crippen LogP contribution in [-0.2, 0) is 16.0 Å². The fourth-order valence-electron chi connectivity index (χ4n) is 2.94. The normalized spacial score (nSPS) is 15.4. The van der Waals surface area contributed by atoms with Crippen molar-refractivity contribution in [2.24, 2.45) is 5.92 Å². The van der Waals surface area contributed by atoms with E-state index >= 15 is 0 Å². The summed E-state index contributed by atoms with van der Waals surface area (Å²) in [6.45, 7) is 5.57. The average molecular weight is 332 g/mol. The van der Waals surface area contributed by atoms with Crippen LogP contribution in [0.25, 0.3) is 0 Å². The van der Waals surface area contributed by atoms with Gasteiger partial charge in [-0.25, -0.2) is 0 Å². The van der Waals surface area contributed by atoms with Crippen molar-refractivity contribution in [1.29, 1.82) is 0 Å². The third kappa shape index (κ3) is 4.98. The van der Waals surface area contributed by atoms with E-state index in [1.54, 1.807) is 7.11 Å². The van der Waals surface area contributed by atoms with E-state index in [1.165, 1.54) is 0 Å². The third-order valence-corrected chi connectivity index (χ3v) is 4.47. The molecule has 132 valence electrons. The summed E-state index contributed by atoms with van der Waals surface area (Å²) in [6.07, 6.45) is 3.14. The summed E-state index contributed by atoms with van der Waals surface area (Å²) in [5.74, 6) is 0.875. The van der Waals surface area contributed by atoms with Gasteiger partial charge in [-0.3, -0.25) is 9.59 Å². The molecule has 2 amide bonds. The SMILES string of the molecule is COc1ccc(CCC(=O)N[C@@H](C(=O)N2CCCC2)C(C)C)cc1. The van der Waals surface area contributed by atoms with Gasteiger partial charge in [-0.05, 0) is 42.9 Å². The smallest absolute Gasteiger partial charge is 0.245 e. The van der Waals surface area contributed by atoms with Crippen LogP contribution in [0.3, 0.4) is 0 Å². The Kier molecular flexibility index (Phi) is 6.64. The van der Waals surface area contributed by atoms with Gasteiger partial charge in [-0.15, -0.1) is 0 Å². The van der Waals surface area contributed by atoms with Crippen molar-refractivity contribution >= 4 is 11.8 Å². The largest absolute Gasteiger partial charge is 0.497 e. The zero-order valence-corrected chi connectivity index (χ0v) is 14.9. The highest BCUT2D eigenvalue weighted by atomic mass is 16.5. The van der Waals surface area contributed by atoms with E-state index in [0.717, 1.165) is 37.2 Å². The van der Waals surface area contributed by atoms with Crippen LogP contribution < -0.4 is 10.1 Å². The minimum atomic E-state index is -0.425. The predicted octanol–water partition coefficient (Wildman–Crippen LogP) is 2.39. The van der Waals surface area contributed by atoms with E-state index < -0.39 is 6.04 Å². The van der Waals surface area contributed by atoms with Crippen LogP contribution in [-0.4, -0.2) is 43.0 Å². The maximum Gasteiger partial charge on any atom is 0.245 e. The van der Waals surface area contributed by atoms with E-state index in [0.29, 0.717) is 12.8 Å². The zero-order valence-electron chi connectivity index (χ0n) is 14.9. The van der Waals surface area contributed by atoms with E-state index in [-0.39, 0.29) is 17.7 Å². The van der Waals surface area contributed by atoms with Crippen LogP contribution in [0.15, 0.2) is 24.3 Å². The summed E-state index contributed by atoms with van der Waals surface area (Å²) in [4.78, 5) is 26.7. The Hall–Kier alpha value is -2.04. The first-order chi connectivity index (χ1) is 11.5. The minimum absolute atomic E-state index is 0.0558. The Morgan fingerprint density at radius 2 is 1.79 bits per heavy atom. The lowest BCUT2D eigenvalue weighted by Crippen LogP contribution is -2.50. The van der Waals surface area contributed by atoms with Crippen LogP contribution in [0.1, 0.15) is 38.7 Å². The summed E-state index contributed by atoms with van der Waals surface area (Å²) >= 11 is 0. The molecule has 1 atom stereocenters. The van der Waals surface area contributed by atoms with E-state index in [2.05, 4.69) is 5.32 Å². The maximum absolute atomic E-state index is 12.6. The standard InChI is InChI=1S/C19H28N2O3/c1-14(2)18(19(23)21-12-4-5-13-21)20-17(22)11-8-15-6-9-16(24-3)10-7-15/h6-7,9-10,14,18H,4-5,8,11-13H2,1-3H3,(H,20,22)/t18-/m1/s1. The highest BCUT2D eigenvalue weighted by molar-refractivity contribution is 5.88. The third-order valence-electron chi connectivity index (χ3n) is 4.47. The van der Waals surface area contributed by atoms with Crippen LogP contribution in [0.2, 0.25) is 0 Å². The Bertz CT molecular complexity index is 548. The number of benzene rings is 1. The number of methoxy groups -OCH3 is 1. The Balaban J connectivity index is 1.86. The highest BCUT2D eigenvalue weighted by Gasteiger charge is 2.29. The van der Waals surface area contributed by atoms with Crippen molar-refractivity contribution in [3.8, 4) is 5.75 Å². The lowest BCUT2D eigenvalue weighted by Gasteiger charge is -2.26. The molecule has 1 aromatic carbocycles. The number of amides is 2. The van der Waals surface area contributed by atoms with Crippen molar-refractivity contribution in [2.75, 3.05) is 20.2 Å². The summed E-state index contributed by atoms with van der Waals surface area (Å²) in [6, 6.07) is 7.27. The zero-order chi connectivity index (χ0) is 17.5. The second kappa shape index (κ2) is 8.71. The quantitative estimate of drug-likeness (QED) is 0.834. The Morgan fingerprint density at radius 3 is 2.33 bits per heavy atom.